The van der Waals surface area contributed by atoms with E-state index in [0.717, 1.165) is 25.7 Å². The quantitative estimate of drug-likeness (QED) is 0.154. The first-order chi connectivity index (χ1) is 41.2. The molecule has 440 valence electrons. The molecule has 1 saturated carbocycles. The van der Waals surface area contributed by atoms with E-state index < -0.39 is 0 Å². The van der Waals surface area contributed by atoms with Crippen molar-refractivity contribution in [2.75, 3.05) is 14.7 Å². The minimum atomic E-state index is -0.199. The Morgan fingerprint density at radius 1 is 0.368 bits per heavy atom. The van der Waals surface area contributed by atoms with Crippen molar-refractivity contribution in [3.05, 3.63) is 221 Å². The molecule has 1 fully saturated rings. The fraction of sp³-hybridized carbons (Fsp3) is 0.349. The third-order valence-corrected chi connectivity index (χ3v) is 22.1. The highest BCUT2D eigenvalue weighted by Gasteiger charge is 2.58. The Morgan fingerprint density at radius 2 is 0.874 bits per heavy atom. The first-order valence-corrected chi connectivity index (χ1v) is 32.7. The standard InChI is InChI=1S/C83H90BN3/c1-53-27-23-24-32-61(53)56-33-38-71-66(45-56)82(15)41-25-26-42-83(82,16)87(71)60-36-37-67-72(50-60)85(69-39-34-57(77(2,3)4)46-62(69)54-28-19-17-20-29-54)74-48-59(79(8,9)10)49-75-76(74)84(67)68-51-64-65(81(13,14)44-43-80(64,11)12)52-73(68)86(75)70-40-35-58(78(5,6)7)47-63(70)55-30-21-18-22-31-55/h17-24,27-40,45-52H,25-26,41-44H2,1-16H3. The molecule has 0 spiro atoms. The van der Waals surface area contributed by atoms with Crippen LogP contribution in [0.2, 0.25) is 0 Å². The van der Waals surface area contributed by atoms with Crippen LogP contribution in [0.4, 0.5) is 45.5 Å². The molecule has 0 aromatic heterocycles. The lowest BCUT2D eigenvalue weighted by molar-refractivity contribution is 0.195. The van der Waals surface area contributed by atoms with E-state index >= 15 is 0 Å². The van der Waals surface area contributed by atoms with Gasteiger partial charge in [0.05, 0.1) is 16.9 Å². The summed E-state index contributed by atoms with van der Waals surface area (Å²) in [4.78, 5) is 8.30. The van der Waals surface area contributed by atoms with Gasteiger partial charge in [0, 0.05) is 50.7 Å². The molecule has 3 heterocycles. The summed E-state index contributed by atoms with van der Waals surface area (Å²) >= 11 is 0. The highest BCUT2D eigenvalue weighted by molar-refractivity contribution is 7.00. The second-order valence-corrected chi connectivity index (χ2v) is 31.6. The lowest BCUT2D eigenvalue weighted by atomic mass is 9.33. The van der Waals surface area contributed by atoms with Gasteiger partial charge in [-0.25, -0.2) is 0 Å². The Kier molecular flexibility index (Phi) is 13.0. The van der Waals surface area contributed by atoms with Crippen molar-refractivity contribution in [1.82, 2.24) is 0 Å². The van der Waals surface area contributed by atoms with Gasteiger partial charge in [0.15, 0.2) is 0 Å². The zero-order chi connectivity index (χ0) is 61.1. The number of rotatable bonds is 6. The van der Waals surface area contributed by atoms with Crippen LogP contribution in [-0.4, -0.2) is 12.3 Å². The smallest absolute Gasteiger partial charge is 0.252 e. The molecule has 0 amide bonds. The molecule has 4 heteroatoms. The van der Waals surface area contributed by atoms with Crippen LogP contribution in [0.3, 0.4) is 0 Å². The molecule has 3 nitrogen and oxygen atoms in total. The summed E-state index contributed by atoms with van der Waals surface area (Å²) in [5.74, 6) is 0. The van der Waals surface area contributed by atoms with Gasteiger partial charge in [-0.05, 0) is 211 Å². The van der Waals surface area contributed by atoms with Crippen molar-refractivity contribution in [3.63, 3.8) is 0 Å². The third-order valence-electron chi connectivity index (χ3n) is 22.1. The number of aryl methyl sites for hydroxylation is 1. The van der Waals surface area contributed by atoms with E-state index in [-0.39, 0.29) is 44.7 Å². The molecule has 14 rings (SSSR count). The Bertz CT molecular complexity index is 4240. The highest BCUT2D eigenvalue weighted by atomic mass is 15.3. The van der Waals surface area contributed by atoms with E-state index in [4.69, 9.17) is 0 Å². The number of hydrogen-bond acceptors (Lipinski definition) is 3. The first kappa shape index (κ1) is 57.2. The van der Waals surface area contributed by atoms with Crippen LogP contribution in [0.15, 0.2) is 182 Å². The van der Waals surface area contributed by atoms with E-state index in [1.807, 2.05) is 0 Å². The van der Waals surface area contributed by atoms with Crippen LogP contribution < -0.4 is 31.1 Å². The Morgan fingerprint density at radius 3 is 1.43 bits per heavy atom. The second kappa shape index (κ2) is 19.7. The third kappa shape index (κ3) is 8.94. The van der Waals surface area contributed by atoms with Gasteiger partial charge in [0.25, 0.3) is 6.71 Å². The summed E-state index contributed by atoms with van der Waals surface area (Å²) in [5.41, 5.74) is 30.9. The second-order valence-electron chi connectivity index (χ2n) is 31.6. The highest BCUT2D eigenvalue weighted by Crippen LogP contribution is 2.62. The van der Waals surface area contributed by atoms with Crippen LogP contribution in [0.1, 0.15) is 181 Å². The van der Waals surface area contributed by atoms with E-state index in [9.17, 15) is 0 Å². The maximum atomic E-state index is 2.82. The van der Waals surface area contributed by atoms with Crippen LogP contribution in [-0.2, 0) is 32.5 Å². The summed E-state index contributed by atoms with van der Waals surface area (Å²) in [7, 11) is 0. The fourth-order valence-electron chi connectivity index (χ4n) is 16.4. The monoisotopic (exact) mass is 1140 g/mol. The zero-order valence-corrected chi connectivity index (χ0v) is 55.0. The van der Waals surface area contributed by atoms with Crippen LogP contribution in [0.25, 0.3) is 33.4 Å². The van der Waals surface area contributed by atoms with E-state index in [1.165, 1.54) is 147 Å². The van der Waals surface area contributed by atoms with Gasteiger partial charge >= 0.3 is 0 Å². The number of fused-ring (bicyclic) bond motifs is 8. The average Bonchev–Trinajstić information content (AvgIpc) is 1.65. The normalized spacial score (nSPS) is 19.9. The maximum absolute atomic E-state index is 2.82. The van der Waals surface area contributed by atoms with Crippen molar-refractivity contribution >= 4 is 68.6 Å². The van der Waals surface area contributed by atoms with Crippen molar-refractivity contribution < 1.29 is 0 Å². The molecule has 2 unspecified atom stereocenters. The van der Waals surface area contributed by atoms with Crippen molar-refractivity contribution in [2.24, 2.45) is 0 Å². The van der Waals surface area contributed by atoms with Gasteiger partial charge in [-0.15, -0.1) is 0 Å². The van der Waals surface area contributed by atoms with Crippen molar-refractivity contribution in [1.29, 1.82) is 0 Å². The molecule has 0 N–H and O–H groups in total. The van der Waals surface area contributed by atoms with Gasteiger partial charge in [-0.2, -0.15) is 0 Å². The molecule has 9 aromatic rings. The van der Waals surface area contributed by atoms with Crippen LogP contribution in [0.5, 0.6) is 0 Å². The number of hydrogen-bond donors (Lipinski definition) is 0. The molecule has 3 aliphatic heterocycles. The summed E-state index contributed by atoms with van der Waals surface area (Å²) < 4.78 is 0. The van der Waals surface area contributed by atoms with Gasteiger partial charge in [-0.3, -0.25) is 0 Å². The molecular formula is C83H90BN3. The Labute approximate surface area is 522 Å². The lowest BCUT2D eigenvalue weighted by Gasteiger charge is -2.51. The fourth-order valence-corrected chi connectivity index (χ4v) is 16.4. The van der Waals surface area contributed by atoms with Gasteiger partial charge in [0.2, 0.25) is 0 Å². The van der Waals surface area contributed by atoms with Gasteiger partial charge in [0.1, 0.15) is 0 Å². The summed E-state index contributed by atoms with van der Waals surface area (Å²) in [5, 5.41) is 0. The summed E-state index contributed by atoms with van der Waals surface area (Å²) in [6.45, 7) is 38.8. The topological polar surface area (TPSA) is 9.72 Å². The predicted molar refractivity (Wildman–Crippen MR) is 376 cm³/mol. The van der Waals surface area contributed by atoms with Gasteiger partial charge < -0.3 is 14.7 Å². The predicted octanol–water partition coefficient (Wildman–Crippen LogP) is 21.1. The Hall–Kier alpha value is -7.56. The molecule has 5 aliphatic rings. The minimum Gasteiger partial charge on any atom is -0.334 e. The molecule has 0 saturated heterocycles. The zero-order valence-electron chi connectivity index (χ0n) is 55.0. The van der Waals surface area contributed by atoms with Gasteiger partial charge in [-0.1, -0.05) is 225 Å². The summed E-state index contributed by atoms with van der Waals surface area (Å²) in [6, 6.07) is 72.0. The number of benzene rings is 9. The molecular weight excluding hydrogens is 1050 g/mol. The molecule has 0 bridgehead atoms. The van der Waals surface area contributed by atoms with Crippen molar-refractivity contribution in [2.45, 2.75) is 187 Å². The summed E-state index contributed by atoms with van der Waals surface area (Å²) in [6.07, 6.45) is 7.01. The molecule has 0 radical (unpaired) electrons. The maximum Gasteiger partial charge on any atom is 0.252 e. The molecule has 87 heavy (non-hydrogen) atoms. The van der Waals surface area contributed by atoms with Crippen LogP contribution >= 0.6 is 0 Å². The average molecular weight is 1140 g/mol. The van der Waals surface area contributed by atoms with E-state index in [0.29, 0.717) is 0 Å². The SMILES string of the molecule is Cc1ccccc1-c1ccc2c(c1)C1(C)CCCCC1(C)N2c1ccc2c(c1)N(c1ccc(C(C)(C)C)cc1-c1ccccc1)c1cc(C(C)(C)C)cc3c1B2c1cc2c(cc1N3c1ccc(C(C)(C)C)cc1-c1ccccc1)C(C)(C)CCC2(C)C. The lowest BCUT2D eigenvalue weighted by Crippen LogP contribution is -2.62. The molecule has 2 atom stereocenters. The molecule has 2 aliphatic carbocycles. The molecule has 9 aromatic carbocycles. The number of nitrogens with zero attached hydrogens (tertiary/aromatic N) is 3. The largest absolute Gasteiger partial charge is 0.334 e. The van der Waals surface area contributed by atoms with Crippen LogP contribution in [0, 0.1) is 6.92 Å². The first-order valence-electron chi connectivity index (χ1n) is 32.7. The van der Waals surface area contributed by atoms with E-state index in [1.54, 1.807) is 0 Å². The Balaban J connectivity index is 1.11. The van der Waals surface area contributed by atoms with E-state index in [2.05, 4.69) is 307 Å². The van der Waals surface area contributed by atoms with Crippen molar-refractivity contribution in [3.8, 4) is 33.4 Å². The minimum absolute atomic E-state index is 0.00937. The number of anilines is 8.